The van der Waals surface area contributed by atoms with Crippen LogP contribution in [0, 0.1) is 19.9 Å². The van der Waals surface area contributed by atoms with Crippen LogP contribution >= 0.6 is 0 Å². The first-order valence-electron chi connectivity index (χ1n) is 21.1. The van der Waals surface area contributed by atoms with Crippen LogP contribution in [0.3, 0.4) is 0 Å². The van der Waals surface area contributed by atoms with E-state index in [2.05, 4.69) is 208 Å². The molecule has 2 aromatic heterocycles. The number of fused-ring (bicyclic) bond motifs is 1. The molecule has 6 aromatic carbocycles. The molecule has 312 valence electrons. The molecule has 0 atom stereocenters. The van der Waals surface area contributed by atoms with Crippen molar-refractivity contribution in [2.75, 3.05) is 0 Å². The largest absolute Gasteiger partial charge is 0.507 e. The number of aromatic hydroxyl groups is 1. The molecule has 8 rings (SSSR count). The molecule has 0 bridgehead atoms. The standard InChI is InChI=1S/C56H56N3O.Pt/c1-35-27-44(34-46(36(35)2)38-21-16-13-17-22-38)59-50-24-18-23-45(51(50)58-53(59)47-32-43(55(6,7)8)33-48(52(47)60)56(9,10)11)40-28-41(30-42(29-40)54(3,4)5)49-31-39(25-26-57-49)37-19-14-12-15-20-37;/h12-27,29-34,60H,1-11H3;/q-1;. The normalized spacial score (nSPS) is 12.1. The summed E-state index contributed by atoms with van der Waals surface area (Å²) in [5.41, 5.74) is 16.8. The van der Waals surface area contributed by atoms with Crippen molar-refractivity contribution in [2.24, 2.45) is 0 Å². The third-order valence-electron chi connectivity index (χ3n) is 11.9. The molecule has 61 heavy (non-hydrogen) atoms. The van der Waals surface area contributed by atoms with Gasteiger partial charge in [0.25, 0.3) is 0 Å². The molecule has 0 aliphatic rings. The monoisotopic (exact) mass is 981 g/mol. The maximum Gasteiger partial charge on any atom is 0.148 e. The Labute approximate surface area is 377 Å². The zero-order valence-electron chi connectivity index (χ0n) is 37.3. The van der Waals surface area contributed by atoms with Crippen LogP contribution in [0.1, 0.15) is 90.1 Å². The van der Waals surface area contributed by atoms with E-state index in [4.69, 9.17) is 9.97 Å². The van der Waals surface area contributed by atoms with Crippen LogP contribution < -0.4 is 0 Å². The van der Waals surface area contributed by atoms with E-state index in [1.54, 1.807) is 0 Å². The van der Waals surface area contributed by atoms with Gasteiger partial charge in [0.2, 0.25) is 0 Å². The molecular formula is C56H56N3OPt-. The summed E-state index contributed by atoms with van der Waals surface area (Å²) in [6, 6.07) is 48.9. The molecule has 0 radical (unpaired) electrons. The number of phenols is 1. The Balaban J connectivity index is 0.00000561. The second-order valence-electron chi connectivity index (χ2n) is 19.4. The number of imidazole rings is 1. The summed E-state index contributed by atoms with van der Waals surface area (Å²) in [5, 5.41) is 12.4. The van der Waals surface area contributed by atoms with E-state index in [1.165, 1.54) is 22.3 Å². The second-order valence-corrected chi connectivity index (χ2v) is 19.4. The Kier molecular flexibility index (Phi) is 11.7. The van der Waals surface area contributed by atoms with Crippen LogP contribution in [-0.2, 0) is 37.3 Å². The van der Waals surface area contributed by atoms with Gasteiger partial charge in [-0.25, -0.2) is 4.98 Å². The summed E-state index contributed by atoms with van der Waals surface area (Å²) < 4.78 is 2.26. The number of para-hydroxylation sites is 1. The maximum absolute atomic E-state index is 12.4. The van der Waals surface area contributed by atoms with Crippen molar-refractivity contribution >= 4 is 11.0 Å². The van der Waals surface area contributed by atoms with Gasteiger partial charge in [0, 0.05) is 44.2 Å². The molecular weight excluding hydrogens is 926 g/mol. The smallest absolute Gasteiger partial charge is 0.148 e. The van der Waals surface area contributed by atoms with Crippen molar-refractivity contribution in [3.8, 4) is 67.5 Å². The summed E-state index contributed by atoms with van der Waals surface area (Å²) >= 11 is 0. The summed E-state index contributed by atoms with van der Waals surface area (Å²) in [7, 11) is 0. The van der Waals surface area contributed by atoms with Gasteiger partial charge in [-0.3, -0.25) is 9.55 Å². The minimum Gasteiger partial charge on any atom is -0.507 e. The zero-order chi connectivity index (χ0) is 42.7. The molecule has 0 unspecified atom stereocenters. The van der Waals surface area contributed by atoms with E-state index in [0.717, 1.165) is 66.9 Å². The Hall–Kier alpha value is -5.57. The van der Waals surface area contributed by atoms with E-state index in [1.807, 2.05) is 12.3 Å². The molecule has 0 saturated heterocycles. The van der Waals surface area contributed by atoms with Crippen molar-refractivity contribution < 1.29 is 26.2 Å². The van der Waals surface area contributed by atoms with Gasteiger partial charge in [0.15, 0.2) is 0 Å². The molecule has 4 nitrogen and oxygen atoms in total. The fourth-order valence-corrected chi connectivity index (χ4v) is 8.13. The Morgan fingerprint density at radius 3 is 1.82 bits per heavy atom. The third kappa shape index (κ3) is 8.53. The van der Waals surface area contributed by atoms with Crippen molar-refractivity contribution in [3.05, 3.63) is 167 Å². The van der Waals surface area contributed by atoms with E-state index in [-0.39, 0.29) is 43.1 Å². The van der Waals surface area contributed by atoms with Gasteiger partial charge >= 0.3 is 0 Å². The Bertz CT molecular complexity index is 2890. The molecule has 0 aliphatic carbocycles. The molecule has 0 amide bonds. The summed E-state index contributed by atoms with van der Waals surface area (Å²) in [5.74, 6) is 0.951. The number of pyridine rings is 1. The molecule has 0 fully saturated rings. The van der Waals surface area contributed by atoms with Crippen LogP contribution in [-0.4, -0.2) is 19.6 Å². The van der Waals surface area contributed by atoms with Crippen LogP contribution in [0.2, 0.25) is 0 Å². The van der Waals surface area contributed by atoms with Gasteiger partial charge in [0.05, 0.1) is 16.6 Å². The SMILES string of the molecule is Cc1cc(-n2c(-c3cc(C(C)(C)C)cc(C(C)(C)C)c3O)nc3c(-c4[c-]c(-c5cc(-c6ccccc6)ccn5)cc(C(C)(C)C)c4)cccc32)cc(-c2ccccc2)c1C.[Pt]. The predicted molar refractivity (Wildman–Crippen MR) is 252 cm³/mol. The molecule has 1 N–H and O–H groups in total. The van der Waals surface area contributed by atoms with Crippen LogP contribution in [0.5, 0.6) is 5.75 Å². The molecule has 8 aromatic rings. The van der Waals surface area contributed by atoms with Crippen LogP contribution in [0.15, 0.2) is 134 Å². The number of nitrogens with zero attached hydrogens (tertiary/aromatic N) is 3. The predicted octanol–water partition coefficient (Wildman–Crippen LogP) is 14.8. The molecule has 0 aliphatic heterocycles. The van der Waals surface area contributed by atoms with Gasteiger partial charge in [-0.2, -0.15) is 0 Å². The summed E-state index contributed by atoms with van der Waals surface area (Å²) in [4.78, 5) is 10.5. The summed E-state index contributed by atoms with van der Waals surface area (Å²) in [6.07, 6.45) is 1.89. The van der Waals surface area contributed by atoms with E-state index in [9.17, 15) is 5.11 Å². The molecule has 0 spiro atoms. The number of hydrogen-bond acceptors (Lipinski definition) is 3. The first-order chi connectivity index (χ1) is 28.4. The minimum absolute atomic E-state index is 0. The number of benzene rings is 6. The van der Waals surface area contributed by atoms with Crippen molar-refractivity contribution in [1.29, 1.82) is 0 Å². The fraction of sp³-hybridized carbons (Fsp3) is 0.250. The minimum atomic E-state index is -0.312. The second kappa shape index (κ2) is 16.4. The quantitative estimate of drug-likeness (QED) is 0.169. The van der Waals surface area contributed by atoms with E-state index >= 15 is 0 Å². The zero-order valence-corrected chi connectivity index (χ0v) is 39.6. The first-order valence-corrected chi connectivity index (χ1v) is 21.1. The molecule has 2 heterocycles. The van der Waals surface area contributed by atoms with Gasteiger partial charge in [-0.1, -0.05) is 158 Å². The van der Waals surface area contributed by atoms with Crippen LogP contribution in [0.25, 0.3) is 72.7 Å². The number of phenolic OH excluding ortho intramolecular Hbond substituents is 1. The summed E-state index contributed by atoms with van der Waals surface area (Å²) in [6.45, 7) is 24.3. The van der Waals surface area contributed by atoms with Crippen molar-refractivity contribution in [1.82, 2.24) is 14.5 Å². The average molecular weight is 982 g/mol. The van der Waals surface area contributed by atoms with Gasteiger partial charge < -0.3 is 5.11 Å². The number of hydrogen-bond donors (Lipinski definition) is 1. The average Bonchev–Trinajstić information content (AvgIpc) is 3.61. The first kappa shape index (κ1) is 43.5. The number of aryl methyl sites for hydroxylation is 1. The topological polar surface area (TPSA) is 50.9 Å². The van der Waals surface area contributed by atoms with Crippen molar-refractivity contribution in [3.63, 3.8) is 0 Å². The maximum atomic E-state index is 12.4. The Morgan fingerprint density at radius 1 is 0.557 bits per heavy atom. The Morgan fingerprint density at radius 2 is 1.18 bits per heavy atom. The fourth-order valence-electron chi connectivity index (χ4n) is 8.13. The van der Waals surface area contributed by atoms with Gasteiger partial charge in [0.1, 0.15) is 11.6 Å². The number of rotatable bonds is 6. The van der Waals surface area contributed by atoms with Crippen molar-refractivity contribution in [2.45, 2.75) is 92.4 Å². The van der Waals surface area contributed by atoms with E-state index < -0.39 is 0 Å². The van der Waals surface area contributed by atoms with Gasteiger partial charge in [-0.05, 0) is 99.4 Å². The molecule has 5 heteroatoms. The van der Waals surface area contributed by atoms with Crippen LogP contribution in [0.4, 0.5) is 0 Å². The van der Waals surface area contributed by atoms with E-state index in [0.29, 0.717) is 11.4 Å². The number of aromatic nitrogens is 3. The third-order valence-corrected chi connectivity index (χ3v) is 11.9. The molecule has 0 saturated carbocycles. The van der Waals surface area contributed by atoms with Gasteiger partial charge in [-0.15, -0.1) is 29.3 Å².